The third-order valence-corrected chi connectivity index (χ3v) is 4.27. The van der Waals surface area contributed by atoms with Crippen molar-refractivity contribution in [2.45, 2.75) is 18.9 Å². The number of amides is 1. The molecule has 6 heteroatoms. The fourth-order valence-corrected chi connectivity index (χ4v) is 2.92. The minimum absolute atomic E-state index is 0.0326. The number of likely N-dealkylation sites (tertiary alicyclic amines) is 1. The van der Waals surface area contributed by atoms with Gasteiger partial charge in [0.15, 0.2) is 0 Å². The number of nitrogens with one attached hydrogen (secondary N) is 1. The van der Waals surface area contributed by atoms with E-state index < -0.39 is 0 Å². The van der Waals surface area contributed by atoms with Crippen molar-refractivity contribution in [1.82, 2.24) is 4.90 Å². The zero-order valence-electron chi connectivity index (χ0n) is 14.0. The Morgan fingerprint density at radius 3 is 2.38 bits per heavy atom. The van der Waals surface area contributed by atoms with Gasteiger partial charge in [0.05, 0.1) is 26.0 Å². The van der Waals surface area contributed by atoms with Crippen molar-refractivity contribution >= 4 is 11.6 Å². The van der Waals surface area contributed by atoms with Crippen molar-refractivity contribution in [3.8, 4) is 11.5 Å². The lowest BCUT2D eigenvalue weighted by Crippen LogP contribution is -2.42. The molecule has 1 aliphatic heterocycles. The molecule has 0 unspecified atom stereocenters. The van der Waals surface area contributed by atoms with E-state index >= 15 is 0 Å². The number of nitrogens with zero attached hydrogens (tertiary/aromatic N) is 1. The highest BCUT2D eigenvalue weighted by atomic mass is 16.5. The molecule has 0 aliphatic carbocycles. The summed E-state index contributed by atoms with van der Waals surface area (Å²) in [6.07, 6.45) is 4.80. The third kappa shape index (κ3) is 3.64. The van der Waals surface area contributed by atoms with Gasteiger partial charge in [-0.05, 0) is 18.9 Å². The standard InChI is InChI=1S/C18H22N2O4/c1-22-16-9-15(10-17(11-16)23-2)19-14-3-6-20(7-4-14)18(21)13-5-8-24-12-13/h5,8-12,14,19H,3-4,6-7H2,1-2H3. The van der Waals surface area contributed by atoms with Crippen molar-refractivity contribution in [2.75, 3.05) is 32.6 Å². The first kappa shape index (κ1) is 16.2. The molecule has 1 aromatic carbocycles. The van der Waals surface area contributed by atoms with Crippen molar-refractivity contribution in [3.63, 3.8) is 0 Å². The summed E-state index contributed by atoms with van der Waals surface area (Å²) in [5.74, 6) is 1.54. The monoisotopic (exact) mass is 330 g/mol. The van der Waals surface area contributed by atoms with E-state index in [4.69, 9.17) is 13.9 Å². The number of carbonyl (C=O) groups is 1. The predicted octanol–water partition coefficient (Wildman–Crippen LogP) is 3.01. The molecule has 6 nitrogen and oxygen atoms in total. The van der Waals surface area contributed by atoms with E-state index in [0.717, 1.165) is 43.1 Å². The van der Waals surface area contributed by atoms with E-state index in [-0.39, 0.29) is 5.91 Å². The number of methoxy groups -OCH3 is 2. The summed E-state index contributed by atoms with van der Waals surface area (Å²) < 4.78 is 15.6. The van der Waals surface area contributed by atoms with E-state index in [1.165, 1.54) is 12.5 Å². The van der Waals surface area contributed by atoms with Gasteiger partial charge in [-0.25, -0.2) is 0 Å². The van der Waals surface area contributed by atoms with Crippen LogP contribution in [0.15, 0.2) is 41.2 Å². The van der Waals surface area contributed by atoms with Crippen molar-refractivity contribution in [3.05, 3.63) is 42.4 Å². The highest BCUT2D eigenvalue weighted by Crippen LogP contribution is 2.27. The first-order valence-corrected chi connectivity index (χ1v) is 8.00. The van der Waals surface area contributed by atoms with Gasteiger partial charge in [0.25, 0.3) is 5.91 Å². The second kappa shape index (κ2) is 7.29. The molecule has 0 saturated carbocycles. The maximum atomic E-state index is 12.3. The third-order valence-electron chi connectivity index (χ3n) is 4.27. The summed E-state index contributed by atoms with van der Waals surface area (Å²) in [5.41, 5.74) is 1.57. The van der Waals surface area contributed by atoms with E-state index in [1.54, 1.807) is 20.3 Å². The SMILES string of the molecule is COc1cc(NC2CCN(C(=O)c3ccoc3)CC2)cc(OC)c1. The number of hydrogen-bond acceptors (Lipinski definition) is 5. The molecular weight excluding hydrogens is 308 g/mol. The van der Waals surface area contributed by atoms with Crippen LogP contribution in [0.1, 0.15) is 23.2 Å². The fraction of sp³-hybridized carbons (Fsp3) is 0.389. The Bertz CT molecular complexity index is 654. The molecule has 0 spiro atoms. The Balaban J connectivity index is 1.58. The minimum Gasteiger partial charge on any atom is -0.497 e. The Hall–Kier alpha value is -2.63. The highest BCUT2D eigenvalue weighted by Gasteiger charge is 2.24. The minimum atomic E-state index is 0.0326. The number of ether oxygens (including phenoxy) is 2. The van der Waals surface area contributed by atoms with Gasteiger partial charge in [-0.15, -0.1) is 0 Å². The second-order valence-corrected chi connectivity index (χ2v) is 5.82. The van der Waals surface area contributed by atoms with Gasteiger partial charge in [-0.3, -0.25) is 4.79 Å². The quantitative estimate of drug-likeness (QED) is 0.913. The average Bonchev–Trinajstić information content (AvgIpc) is 3.16. The molecule has 1 saturated heterocycles. The lowest BCUT2D eigenvalue weighted by Gasteiger charge is -2.32. The molecule has 128 valence electrons. The van der Waals surface area contributed by atoms with Crippen molar-refractivity contribution in [2.24, 2.45) is 0 Å². The molecule has 1 amide bonds. The molecule has 0 bridgehead atoms. The lowest BCUT2D eigenvalue weighted by molar-refractivity contribution is 0.0718. The first-order valence-electron chi connectivity index (χ1n) is 8.00. The largest absolute Gasteiger partial charge is 0.497 e. The number of benzene rings is 1. The van der Waals surface area contributed by atoms with E-state index in [2.05, 4.69) is 5.32 Å². The summed E-state index contributed by atoms with van der Waals surface area (Å²) >= 11 is 0. The summed E-state index contributed by atoms with van der Waals surface area (Å²) in [6.45, 7) is 1.45. The average molecular weight is 330 g/mol. The normalized spacial score (nSPS) is 15.2. The molecule has 24 heavy (non-hydrogen) atoms. The number of anilines is 1. The smallest absolute Gasteiger partial charge is 0.257 e. The molecule has 1 aliphatic rings. The lowest BCUT2D eigenvalue weighted by atomic mass is 10.0. The van der Waals surface area contributed by atoms with Gasteiger partial charge in [-0.1, -0.05) is 0 Å². The van der Waals surface area contributed by atoms with Gasteiger partial charge in [0.2, 0.25) is 0 Å². The molecule has 1 aromatic heterocycles. The van der Waals surface area contributed by atoms with Crippen LogP contribution < -0.4 is 14.8 Å². The van der Waals surface area contributed by atoms with Crippen LogP contribution in [0.2, 0.25) is 0 Å². The fourth-order valence-electron chi connectivity index (χ4n) is 2.92. The maximum Gasteiger partial charge on any atom is 0.257 e. The molecule has 3 rings (SSSR count). The summed E-state index contributed by atoms with van der Waals surface area (Å²) in [5, 5.41) is 3.51. The van der Waals surface area contributed by atoms with Crippen LogP contribution in [-0.4, -0.2) is 44.2 Å². The van der Waals surface area contributed by atoms with Gasteiger partial charge < -0.3 is 24.1 Å². The highest BCUT2D eigenvalue weighted by molar-refractivity contribution is 5.93. The molecule has 0 radical (unpaired) electrons. The second-order valence-electron chi connectivity index (χ2n) is 5.82. The molecule has 1 fully saturated rings. The van der Waals surface area contributed by atoms with Crippen LogP contribution in [-0.2, 0) is 0 Å². The first-order chi connectivity index (χ1) is 11.7. The number of furan rings is 1. The van der Waals surface area contributed by atoms with Crippen LogP contribution in [0.5, 0.6) is 11.5 Å². The predicted molar refractivity (Wildman–Crippen MR) is 90.8 cm³/mol. The number of rotatable bonds is 5. The van der Waals surface area contributed by atoms with Crippen LogP contribution in [0, 0.1) is 0 Å². The van der Waals surface area contributed by atoms with Crippen LogP contribution >= 0.6 is 0 Å². The van der Waals surface area contributed by atoms with Crippen LogP contribution in [0.4, 0.5) is 5.69 Å². The zero-order valence-corrected chi connectivity index (χ0v) is 14.0. The van der Waals surface area contributed by atoms with Gasteiger partial charge in [-0.2, -0.15) is 0 Å². The zero-order chi connectivity index (χ0) is 16.9. The Labute approximate surface area is 141 Å². The molecule has 2 heterocycles. The number of piperidine rings is 1. The van der Waals surface area contributed by atoms with Crippen LogP contribution in [0.25, 0.3) is 0 Å². The summed E-state index contributed by atoms with van der Waals surface area (Å²) in [7, 11) is 3.27. The molecular formula is C18H22N2O4. The van der Waals surface area contributed by atoms with E-state index in [0.29, 0.717) is 11.6 Å². The van der Waals surface area contributed by atoms with Gasteiger partial charge >= 0.3 is 0 Å². The van der Waals surface area contributed by atoms with E-state index in [9.17, 15) is 4.79 Å². The summed E-state index contributed by atoms with van der Waals surface area (Å²) in [4.78, 5) is 14.2. The van der Waals surface area contributed by atoms with Gasteiger partial charge in [0.1, 0.15) is 17.8 Å². The van der Waals surface area contributed by atoms with Crippen molar-refractivity contribution in [1.29, 1.82) is 0 Å². The molecule has 0 atom stereocenters. The number of hydrogen-bond donors (Lipinski definition) is 1. The maximum absolute atomic E-state index is 12.3. The Kier molecular flexibility index (Phi) is 4.93. The molecule has 1 N–H and O–H groups in total. The number of carbonyl (C=O) groups excluding carboxylic acids is 1. The topological polar surface area (TPSA) is 63.9 Å². The Morgan fingerprint density at radius 2 is 1.83 bits per heavy atom. The summed E-state index contributed by atoms with van der Waals surface area (Å²) in [6, 6.07) is 7.76. The van der Waals surface area contributed by atoms with Gasteiger partial charge in [0, 0.05) is 43.0 Å². The van der Waals surface area contributed by atoms with Crippen molar-refractivity contribution < 1.29 is 18.7 Å². The Morgan fingerprint density at radius 1 is 1.17 bits per heavy atom. The molecule has 2 aromatic rings. The van der Waals surface area contributed by atoms with E-state index in [1.807, 2.05) is 23.1 Å². The van der Waals surface area contributed by atoms with Crippen LogP contribution in [0.3, 0.4) is 0 Å².